The Bertz CT molecular complexity index is 216. The highest BCUT2D eigenvalue weighted by Gasteiger charge is 2.03. The van der Waals surface area contributed by atoms with Crippen LogP contribution < -0.4 is 0 Å². The lowest BCUT2D eigenvalue weighted by Gasteiger charge is -2.04. The Morgan fingerprint density at radius 3 is 2.55 bits per heavy atom. The minimum absolute atomic E-state index is 0.376. The Morgan fingerprint density at radius 1 is 1.36 bits per heavy atom. The number of rotatable bonds is 3. The van der Waals surface area contributed by atoms with E-state index in [1.165, 1.54) is 0 Å². The van der Waals surface area contributed by atoms with Crippen molar-refractivity contribution < 1.29 is 5.11 Å². The smallest absolute Gasteiger partial charge is 0.126 e. The standard InChI is InChI=1S/C10H11O/c1-2-6-10(11)9-7-4-3-5-8-9/h2-5,7-8,11H,1,6H2. The highest BCUT2D eigenvalue weighted by atomic mass is 16.3. The van der Waals surface area contributed by atoms with E-state index in [-0.39, 0.29) is 0 Å². The van der Waals surface area contributed by atoms with Crippen LogP contribution in [0.3, 0.4) is 0 Å². The van der Waals surface area contributed by atoms with Crippen molar-refractivity contribution in [2.45, 2.75) is 6.42 Å². The van der Waals surface area contributed by atoms with E-state index in [1.54, 1.807) is 6.08 Å². The van der Waals surface area contributed by atoms with Crippen molar-refractivity contribution >= 4 is 0 Å². The van der Waals surface area contributed by atoms with Gasteiger partial charge in [0, 0.05) is 6.42 Å². The average Bonchev–Trinajstić information content (AvgIpc) is 2.07. The lowest BCUT2D eigenvalue weighted by Crippen LogP contribution is -1.95. The monoisotopic (exact) mass is 147 g/mol. The summed E-state index contributed by atoms with van der Waals surface area (Å²) in [7, 11) is 0. The molecule has 1 heteroatoms. The van der Waals surface area contributed by atoms with Crippen LogP contribution in [-0.4, -0.2) is 5.11 Å². The largest absolute Gasteiger partial charge is 0.381 e. The van der Waals surface area contributed by atoms with Crippen LogP contribution >= 0.6 is 0 Å². The van der Waals surface area contributed by atoms with Gasteiger partial charge in [-0.1, -0.05) is 36.4 Å². The molecular formula is C10H11O. The van der Waals surface area contributed by atoms with Crippen molar-refractivity contribution in [3.8, 4) is 0 Å². The van der Waals surface area contributed by atoms with Gasteiger partial charge in [0.1, 0.15) is 6.10 Å². The summed E-state index contributed by atoms with van der Waals surface area (Å²) in [6.45, 7) is 3.55. The second-order valence-corrected chi connectivity index (χ2v) is 2.31. The van der Waals surface area contributed by atoms with Gasteiger partial charge >= 0.3 is 0 Å². The summed E-state index contributed by atoms with van der Waals surface area (Å²) in [4.78, 5) is 0. The first-order valence-corrected chi connectivity index (χ1v) is 3.55. The number of aliphatic hydroxyl groups is 1. The molecule has 1 aromatic rings. The van der Waals surface area contributed by atoms with Gasteiger partial charge in [-0.2, -0.15) is 0 Å². The van der Waals surface area contributed by atoms with Crippen molar-refractivity contribution in [1.29, 1.82) is 0 Å². The second-order valence-electron chi connectivity index (χ2n) is 2.31. The Hall–Kier alpha value is -1.08. The Morgan fingerprint density at radius 2 is 2.00 bits per heavy atom. The second kappa shape index (κ2) is 3.94. The fraction of sp³-hybridized carbons (Fsp3) is 0.100. The van der Waals surface area contributed by atoms with Crippen molar-refractivity contribution in [2.75, 3.05) is 0 Å². The van der Waals surface area contributed by atoms with Crippen LogP contribution in [0, 0.1) is 6.10 Å². The van der Waals surface area contributed by atoms with Gasteiger partial charge in [-0.3, -0.25) is 0 Å². The Balaban J connectivity index is 2.68. The van der Waals surface area contributed by atoms with Gasteiger partial charge in [0.2, 0.25) is 0 Å². The number of hydrogen-bond donors (Lipinski definition) is 1. The van der Waals surface area contributed by atoms with Crippen molar-refractivity contribution in [2.24, 2.45) is 0 Å². The quantitative estimate of drug-likeness (QED) is 0.651. The van der Waals surface area contributed by atoms with Crippen LogP contribution in [0.1, 0.15) is 12.0 Å². The zero-order chi connectivity index (χ0) is 8.10. The molecule has 0 aromatic heterocycles. The average molecular weight is 147 g/mol. The molecule has 0 fully saturated rings. The minimum Gasteiger partial charge on any atom is -0.381 e. The minimum atomic E-state index is 0.376. The summed E-state index contributed by atoms with van der Waals surface area (Å²) in [6, 6.07) is 9.46. The fourth-order valence-corrected chi connectivity index (χ4v) is 0.885. The Kier molecular flexibility index (Phi) is 2.87. The van der Waals surface area contributed by atoms with E-state index in [0.717, 1.165) is 5.56 Å². The van der Waals surface area contributed by atoms with Crippen LogP contribution in [-0.2, 0) is 0 Å². The highest BCUT2D eigenvalue weighted by Crippen LogP contribution is 2.14. The van der Waals surface area contributed by atoms with Gasteiger partial charge in [0.25, 0.3) is 0 Å². The molecule has 0 saturated carbocycles. The van der Waals surface area contributed by atoms with Crippen molar-refractivity contribution in [3.05, 3.63) is 54.7 Å². The maximum Gasteiger partial charge on any atom is 0.126 e. The van der Waals surface area contributed by atoms with Crippen molar-refractivity contribution in [3.63, 3.8) is 0 Å². The van der Waals surface area contributed by atoms with Gasteiger partial charge in [-0.15, -0.1) is 6.58 Å². The molecule has 0 spiro atoms. The highest BCUT2D eigenvalue weighted by molar-refractivity contribution is 5.26. The van der Waals surface area contributed by atoms with Crippen LogP contribution in [0.25, 0.3) is 0 Å². The maximum atomic E-state index is 9.37. The molecule has 0 saturated heterocycles. The first-order chi connectivity index (χ1) is 5.34. The van der Waals surface area contributed by atoms with E-state index < -0.39 is 0 Å². The molecule has 57 valence electrons. The molecule has 0 aliphatic heterocycles. The number of aliphatic hydroxyl groups excluding tert-OH is 1. The lowest BCUT2D eigenvalue weighted by molar-refractivity contribution is 0.326. The third-order valence-corrected chi connectivity index (χ3v) is 1.44. The van der Waals surface area contributed by atoms with Crippen LogP contribution in [0.5, 0.6) is 0 Å². The maximum absolute atomic E-state index is 9.37. The van der Waals surface area contributed by atoms with Gasteiger partial charge in [0.15, 0.2) is 0 Å². The first-order valence-electron chi connectivity index (χ1n) is 3.55. The van der Waals surface area contributed by atoms with E-state index in [1.807, 2.05) is 30.3 Å². The predicted molar refractivity (Wildman–Crippen MR) is 45.5 cm³/mol. The summed E-state index contributed by atoms with van der Waals surface area (Å²) < 4.78 is 0. The third-order valence-electron chi connectivity index (χ3n) is 1.44. The summed E-state index contributed by atoms with van der Waals surface area (Å²) in [6.07, 6.45) is 2.59. The van der Waals surface area contributed by atoms with Crippen LogP contribution in [0.4, 0.5) is 0 Å². The molecule has 0 aliphatic rings. The van der Waals surface area contributed by atoms with Gasteiger partial charge in [-0.25, -0.2) is 0 Å². The molecule has 1 N–H and O–H groups in total. The molecule has 1 rings (SSSR count). The molecule has 1 radical (unpaired) electrons. The molecule has 0 atom stereocenters. The van der Waals surface area contributed by atoms with E-state index >= 15 is 0 Å². The predicted octanol–water partition coefficient (Wildman–Crippen LogP) is 2.52. The zero-order valence-corrected chi connectivity index (χ0v) is 6.33. The normalized spacial score (nSPS) is 10.0. The van der Waals surface area contributed by atoms with Crippen LogP contribution in [0.2, 0.25) is 0 Å². The molecule has 0 aliphatic carbocycles. The zero-order valence-electron chi connectivity index (χ0n) is 6.33. The summed E-state index contributed by atoms with van der Waals surface area (Å²) in [5.74, 6) is 0. The van der Waals surface area contributed by atoms with E-state index in [9.17, 15) is 5.11 Å². The molecule has 0 unspecified atom stereocenters. The SMILES string of the molecule is C=CC[C](O)c1ccccc1. The van der Waals surface area contributed by atoms with E-state index in [4.69, 9.17) is 0 Å². The summed E-state index contributed by atoms with van der Waals surface area (Å²) >= 11 is 0. The lowest BCUT2D eigenvalue weighted by atomic mass is 10.1. The summed E-state index contributed by atoms with van der Waals surface area (Å²) in [5, 5.41) is 9.37. The molecular weight excluding hydrogens is 136 g/mol. The Labute approximate surface area is 67.0 Å². The first kappa shape index (κ1) is 8.02. The van der Waals surface area contributed by atoms with Crippen molar-refractivity contribution in [1.82, 2.24) is 0 Å². The topological polar surface area (TPSA) is 20.2 Å². The summed E-state index contributed by atoms with van der Waals surface area (Å²) in [5.41, 5.74) is 0.868. The number of hydrogen-bond acceptors (Lipinski definition) is 1. The molecule has 11 heavy (non-hydrogen) atoms. The van der Waals surface area contributed by atoms with Gasteiger partial charge in [-0.05, 0) is 5.56 Å². The van der Waals surface area contributed by atoms with E-state index in [0.29, 0.717) is 12.5 Å². The molecule has 1 nitrogen and oxygen atoms in total. The van der Waals surface area contributed by atoms with Crippen LogP contribution in [0.15, 0.2) is 43.0 Å². The molecule has 0 bridgehead atoms. The fourth-order valence-electron chi connectivity index (χ4n) is 0.885. The van der Waals surface area contributed by atoms with E-state index in [2.05, 4.69) is 6.58 Å². The van der Waals surface area contributed by atoms with Gasteiger partial charge < -0.3 is 5.11 Å². The molecule has 0 heterocycles. The van der Waals surface area contributed by atoms with Gasteiger partial charge in [0.05, 0.1) is 0 Å². The molecule has 0 amide bonds. The third kappa shape index (κ3) is 2.20. The number of benzene rings is 1. The molecule has 1 aromatic carbocycles.